The SMILES string of the molecule is CN(C)c1ccc2c3c(cccc13)C(=O)N(c1ccc(N3C(=O)C/C(=C\c4ccccc4N4CCc5ccccc5C4)C3=O)cc1)C2=O. The van der Waals surface area contributed by atoms with E-state index in [1.807, 2.05) is 61.5 Å². The van der Waals surface area contributed by atoms with Gasteiger partial charge in [-0.25, -0.2) is 9.80 Å². The van der Waals surface area contributed by atoms with Crippen LogP contribution >= 0.6 is 0 Å². The molecule has 48 heavy (non-hydrogen) atoms. The van der Waals surface area contributed by atoms with Crippen molar-refractivity contribution in [3.05, 3.63) is 137 Å². The van der Waals surface area contributed by atoms with Gasteiger partial charge in [0.2, 0.25) is 5.91 Å². The van der Waals surface area contributed by atoms with Gasteiger partial charge in [-0.15, -0.1) is 0 Å². The third-order valence-electron chi connectivity index (χ3n) is 9.54. The third-order valence-corrected chi connectivity index (χ3v) is 9.54. The molecule has 5 aromatic rings. The van der Waals surface area contributed by atoms with Gasteiger partial charge in [0, 0.05) is 66.0 Å². The molecule has 0 atom stereocenters. The molecular formula is C40H32N4O4. The maximum absolute atomic E-state index is 13.7. The fraction of sp³-hybridized carbons (Fsp3) is 0.150. The Balaban J connectivity index is 1.06. The van der Waals surface area contributed by atoms with Crippen molar-refractivity contribution in [1.29, 1.82) is 0 Å². The van der Waals surface area contributed by atoms with Crippen LogP contribution in [0.3, 0.4) is 0 Å². The second-order valence-corrected chi connectivity index (χ2v) is 12.6. The van der Waals surface area contributed by atoms with Crippen LogP contribution in [-0.4, -0.2) is 44.3 Å². The number of para-hydroxylation sites is 1. The average Bonchev–Trinajstić information content (AvgIpc) is 3.38. The average molecular weight is 633 g/mol. The first-order valence-electron chi connectivity index (χ1n) is 16.0. The molecule has 8 rings (SSSR count). The third kappa shape index (κ3) is 4.68. The molecule has 3 aliphatic rings. The maximum atomic E-state index is 13.7. The van der Waals surface area contributed by atoms with Gasteiger partial charge in [-0.05, 0) is 77.7 Å². The standard InChI is InChI=1S/C40H32N4O4/c1-41(2)35-19-18-33-37-31(35)11-7-12-32(37)39(47)44(40(33)48)30-16-14-29(15-17-30)43-36(45)23-28(38(43)46)22-26-9-5-6-13-34(26)42-21-20-25-8-3-4-10-27(25)24-42/h3-19,22H,20-21,23-24H2,1-2H3/b28-22+. The van der Waals surface area contributed by atoms with Gasteiger partial charge in [-0.3, -0.25) is 19.2 Å². The summed E-state index contributed by atoms with van der Waals surface area (Å²) in [6.07, 6.45) is 2.75. The largest absolute Gasteiger partial charge is 0.377 e. The van der Waals surface area contributed by atoms with Gasteiger partial charge in [-0.2, -0.15) is 0 Å². The van der Waals surface area contributed by atoms with E-state index < -0.39 is 11.8 Å². The second-order valence-electron chi connectivity index (χ2n) is 12.6. The Morgan fingerprint density at radius 3 is 2.06 bits per heavy atom. The Morgan fingerprint density at radius 2 is 1.31 bits per heavy atom. The summed E-state index contributed by atoms with van der Waals surface area (Å²) in [7, 11) is 3.85. The molecule has 236 valence electrons. The zero-order valence-electron chi connectivity index (χ0n) is 26.6. The lowest BCUT2D eigenvalue weighted by Crippen LogP contribution is -2.40. The number of hydrogen-bond acceptors (Lipinski definition) is 6. The van der Waals surface area contributed by atoms with Gasteiger partial charge in [0.25, 0.3) is 17.7 Å². The monoisotopic (exact) mass is 632 g/mol. The minimum atomic E-state index is -0.420. The van der Waals surface area contributed by atoms with Crippen molar-refractivity contribution in [2.24, 2.45) is 0 Å². The molecule has 5 aromatic carbocycles. The molecule has 0 bridgehead atoms. The first-order valence-corrected chi connectivity index (χ1v) is 16.0. The summed E-state index contributed by atoms with van der Waals surface area (Å²) in [6, 6.07) is 32.0. The highest BCUT2D eigenvalue weighted by Gasteiger charge is 2.37. The fourth-order valence-electron chi connectivity index (χ4n) is 7.19. The van der Waals surface area contributed by atoms with Gasteiger partial charge in [-0.1, -0.05) is 54.6 Å². The smallest absolute Gasteiger partial charge is 0.265 e. The Labute approximate surface area is 278 Å². The van der Waals surface area contributed by atoms with E-state index in [2.05, 4.69) is 35.2 Å². The minimum Gasteiger partial charge on any atom is -0.377 e. The molecule has 0 aliphatic carbocycles. The molecule has 1 saturated heterocycles. The number of benzene rings is 5. The number of nitrogens with zero attached hydrogens (tertiary/aromatic N) is 4. The number of imide groups is 2. The molecule has 8 heteroatoms. The summed E-state index contributed by atoms with van der Waals surface area (Å²) in [4.78, 5) is 61.0. The van der Waals surface area contributed by atoms with E-state index in [-0.39, 0.29) is 18.2 Å². The molecule has 0 unspecified atom stereocenters. The Kier molecular flexibility index (Phi) is 6.95. The number of carbonyl (C=O) groups is 4. The topological polar surface area (TPSA) is 81.2 Å². The summed E-state index contributed by atoms with van der Waals surface area (Å²) in [5.74, 6) is -1.55. The van der Waals surface area contributed by atoms with Crippen molar-refractivity contribution < 1.29 is 19.2 Å². The predicted octanol–water partition coefficient (Wildman–Crippen LogP) is 6.62. The lowest BCUT2D eigenvalue weighted by atomic mass is 9.92. The van der Waals surface area contributed by atoms with Gasteiger partial charge < -0.3 is 9.80 Å². The van der Waals surface area contributed by atoms with Crippen LogP contribution in [-0.2, 0) is 22.6 Å². The highest BCUT2D eigenvalue weighted by molar-refractivity contribution is 6.36. The number of rotatable bonds is 5. The van der Waals surface area contributed by atoms with Crippen molar-refractivity contribution in [1.82, 2.24) is 0 Å². The van der Waals surface area contributed by atoms with Crippen LogP contribution in [0.4, 0.5) is 22.7 Å². The van der Waals surface area contributed by atoms with Crippen LogP contribution in [0.5, 0.6) is 0 Å². The zero-order chi connectivity index (χ0) is 33.1. The second kappa shape index (κ2) is 11.3. The van der Waals surface area contributed by atoms with Gasteiger partial charge in [0.1, 0.15) is 0 Å². The number of fused-ring (bicyclic) bond motifs is 1. The van der Waals surface area contributed by atoms with Crippen LogP contribution in [0.25, 0.3) is 16.8 Å². The molecule has 8 nitrogen and oxygen atoms in total. The summed E-state index contributed by atoms with van der Waals surface area (Å²) < 4.78 is 0. The lowest BCUT2D eigenvalue weighted by molar-refractivity contribution is -0.120. The fourth-order valence-corrected chi connectivity index (χ4v) is 7.19. The number of anilines is 4. The Bertz CT molecular complexity index is 2200. The van der Waals surface area contributed by atoms with E-state index in [9.17, 15) is 19.2 Å². The van der Waals surface area contributed by atoms with E-state index in [1.165, 1.54) is 16.0 Å². The van der Waals surface area contributed by atoms with Gasteiger partial charge >= 0.3 is 0 Å². The predicted molar refractivity (Wildman–Crippen MR) is 189 cm³/mol. The summed E-state index contributed by atoms with van der Waals surface area (Å²) >= 11 is 0. The van der Waals surface area contributed by atoms with Crippen LogP contribution in [0.2, 0.25) is 0 Å². The summed E-state index contributed by atoms with van der Waals surface area (Å²) in [6.45, 7) is 1.64. The van der Waals surface area contributed by atoms with Crippen molar-refractivity contribution in [3.63, 3.8) is 0 Å². The number of carbonyl (C=O) groups excluding carboxylic acids is 4. The molecule has 0 radical (unpaired) electrons. The molecule has 0 saturated carbocycles. The van der Waals surface area contributed by atoms with Gasteiger partial charge in [0.05, 0.1) is 17.8 Å². The van der Waals surface area contributed by atoms with Crippen LogP contribution in [0.1, 0.15) is 43.8 Å². The molecule has 3 heterocycles. The maximum Gasteiger partial charge on any atom is 0.265 e. The van der Waals surface area contributed by atoms with Crippen molar-refractivity contribution in [2.75, 3.05) is 40.2 Å². The Hall–Kier alpha value is -6.02. The number of amides is 4. The Morgan fingerprint density at radius 1 is 0.646 bits per heavy atom. The highest BCUT2D eigenvalue weighted by Crippen LogP contribution is 2.38. The van der Waals surface area contributed by atoms with Crippen LogP contribution < -0.4 is 19.6 Å². The minimum absolute atomic E-state index is 0.0173. The van der Waals surface area contributed by atoms with Crippen molar-refractivity contribution in [3.8, 4) is 0 Å². The summed E-state index contributed by atoms with van der Waals surface area (Å²) in [5.41, 5.74) is 7.53. The molecule has 1 fully saturated rings. The summed E-state index contributed by atoms with van der Waals surface area (Å²) in [5, 5.41) is 1.48. The van der Waals surface area contributed by atoms with Gasteiger partial charge in [0.15, 0.2) is 0 Å². The normalized spacial score (nSPS) is 16.7. The number of hydrogen-bond donors (Lipinski definition) is 0. The zero-order valence-corrected chi connectivity index (χ0v) is 26.6. The lowest BCUT2D eigenvalue weighted by Gasteiger charge is -2.32. The van der Waals surface area contributed by atoms with E-state index in [0.717, 1.165) is 46.7 Å². The molecular weight excluding hydrogens is 600 g/mol. The molecule has 0 spiro atoms. The highest BCUT2D eigenvalue weighted by atomic mass is 16.2. The van der Waals surface area contributed by atoms with E-state index >= 15 is 0 Å². The molecule has 0 N–H and O–H groups in total. The first kappa shape index (κ1) is 29.4. The molecule has 0 aromatic heterocycles. The van der Waals surface area contributed by atoms with Crippen molar-refractivity contribution >= 4 is 63.2 Å². The molecule has 3 aliphatic heterocycles. The van der Waals surface area contributed by atoms with Crippen molar-refractivity contribution in [2.45, 2.75) is 19.4 Å². The van der Waals surface area contributed by atoms with E-state index in [0.29, 0.717) is 33.5 Å². The van der Waals surface area contributed by atoms with E-state index in [1.54, 1.807) is 36.4 Å². The van der Waals surface area contributed by atoms with Crippen LogP contribution in [0, 0.1) is 0 Å². The van der Waals surface area contributed by atoms with E-state index in [4.69, 9.17) is 0 Å². The van der Waals surface area contributed by atoms with Crippen LogP contribution in [0.15, 0.2) is 109 Å². The quantitative estimate of drug-likeness (QED) is 0.160. The molecule has 4 amide bonds. The first-order chi connectivity index (χ1) is 23.3.